The average Bonchev–Trinajstić information content (AvgIpc) is 2.42. The third-order valence-corrected chi connectivity index (χ3v) is 3.22. The van der Waals surface area contributed by atoms with E-state index in [4.69, 9.17) is 28.9 Å². The molecule has 0 aliphatic rings. The zero-order chi connectivity index (χ0) is 15.6. The van der Waals surface area contributed by atoms with Crippen molar-refractivity contribution in [3.05, 3.63) is 62.1 Å². The van der Waals surface area contributed by atoms with E-state index >= 15 is 0 Å². The lowest BCUT2D eigenvalue weighted by molar-refractivity contribution is -0.384. The Labute approximate surface area is 129 Å². The predicted octanol–water partition coefficient (Wildman–Crippen LogP) is 3.74. The van der Waals surface area contributed by atoms with E-state index in [9.17, 15) is 14.9 Å². The van der Waals surface area contributed by atoms with Crippen LogP contribution < -0.4 is 11.1 Å². The van der Waals surface area contributed by atoms with E-state index in [-0.39, 0.29) is 22.0 Å². The standard InChI is InChI=1S/C13H9Cl2N3O3/c14-7-1-4-12(10(15)5-7)17-13(19)9-6-8(18(20)21)2-3-11(9)16/h1-6H,16H2,(H,17,19). The number of carbonyl (C=O) groups excluding carboxylic acids is 1. The van der Waals surface area contributed by atoms with Gasteiger partial charge >= 0.3 is 0 Å². The van der Waals surface area contributed by atoms with Crippen LogP contribution in [0, 0.1) is 10.1 Å². The molecule has 0 heterocycles. The third-order valence-electron chi connectivity index (χ3n) is 2.67. The summed E-state index contributed by atoms with van der Waals surface area (Å²) in [5, 5.41) is 13.9. The van der Waals surface area contributed by atoms with Gasteiger partial charge in [0.05, 0.1) is 21.2 Å². The van der Waals surface area contributed by atoms with Crippen molar-refractivity contribution < 1.29 is 9.72 Å². The molecule has 0 saturated carbocycles. The van der Waals surface area contributed by atoms with E-state index in [1.807, 2.05) is 0 Å². The minimum atomic E-state index is -0.606. The molecule has 2 aromatic carbocycles. The number of nitrogens with zero attached hydrogens (tertiary/aromatic N) is 1. The molecule has 2 rings (SSSR count). The number of hydrogen-bond acceptors (Lipinski definition) is 4. The third kappa shape index (κ3) is 3.42. The maximum absolute atomic E-state index is 12.1. The molecule has 2 aromatic rings. The summed E-state index contributed by atoms with van der Waals surface area (Å²) >= 11 is 11.7. The number of non-ortho nitro benzene ring substituents is 1. The van der Waals surface area contributed by atoms with Gasteiger partial charge in [-0.15, -0.1) is 0 Å². The summed E-state index contributed by atoms with van der Waals surface area (Å²) in [6.45, 7) is 0. The summed E-state index contributed by atoms with van der Waals surface area (Å²) in [6, 6.07) is 8.18. The Morgan fingerprint density at radius 1 is 1.19 bits per heavy atom. The van der Waals surface area contributed by atoms with E-state index in [0.29, 0.717) is 10.7 Å². The minimum Gasteiger partial charge on any atom is -0.398 e. The van der Waals surface area contributed by atoms with Crippen molar-refractivity contribution in [2.24, 2.45) is 0 Å². The highest BCUT2D eigenvalue weighted by molar-refractivity contribution is 6.36. The van der Waals surface area contributed by atoms with Gasteiger partial charge in [-0.3, -0.25) is 14.9 Å². The van der Waals surface area contributed by atoms with Crippen LogP contribution in [-0.4, -0.2) is 10.8 Å². The van der Waals surface area contributed by atoms with Crippen molar-refractivity contribution in [1.82, 2.24) is 0 Å². The van der Waals surface area contributed by atoms with E-state index in [0.717, 1.165) is 6.07 Å². The molecule has 0 spiro atoms. The SMILES string of the molecule is Nc1ccc([N+](=O)[O-])cc1C(=O)Nc1ccc(Cl)cc1Cl. The van der Waals surface area contributed by atoms with E-state index < -0.39 is 10.8 Å². The van der Waals surface area contributed by atoms with E-state index in [2.05, 4.69) is 5.32 Å². The number of hydrogen-bond donors (Lipinski definition) is 2. The van der Waals surface area contributed by atoms with Gasteiger partial charge in [0.25, 0.3) is 11.6 Å². The zero-order valence-electron chi connectivity index (χ0n) is 10.5. The van der Waals surface area contributed by atoms with E-state index in [1.54, 1.807) is 6.07 Å². The number of anilines is 2. The van der Waals surface area contributed by atoms with Gasteiger partial charge in [-0.1, -0.05) is 23.2 Å². The Kier molecular flexibility index (Phi) is 4.30. The van der Waals surface area contributed by atoms with Gasteiger partial charge in [-0.05, 0) is 24.3 Å². The molecule has 8 heteroatoms. The lowest BCUT2D eigenvalue weighted by atomic mass is 10.1. The second kappa shape index (κ2) is 5.99. The van der Waals surface area contributed by atoms with Crippen LogP contribution >= 0.6 is 23.2 Å². The number of rotatable bonds is 3. The summed E-state index contributed by atoms with van der Waals surface area (Å²) in [6.07, 6.45) is 0. The van der Waals surface area contributed by atoms with Crippen LogP contribution in [0.1, 0.15) is 10.4 Å². The maximum atomic E-state index is 12.1. The van der Waals surface area contributed by atoms with Gasteiger partial charge in [-0.2, -0.15) is 0 Å². The van der Waals surface area contributed by atoms with Crippen molar-refractivity contribution in [2.75, 3.05) is 11.1 Å². The Balaban J connectivity index is 2.32. The average molecular weight is 326 g/mol. The highest BCUT2D eigenvalue weighted by atomic mass is 35.5. The first-order chi connectivity index (χ1) is 9.88. The molecule has 1 amide bonds. The lowest BCUT2D eigenvalue weighted by Crippen LogP contribution is -2.14. The van der Waals surface area contributed by atoms with Crippen molar-refractivity contribution in [3.63, 3.8) is 0 Å². The number of carbonyl (C=O) groups is 1. The Hall–Kier alpha value is -2.31. The molecule has 108 valence electrons. The molecular weight excluding hydrogens is 317 g/mol. The van der Waals surface area contributed by atoms with Crippen LogP contribution in [0.4, 0.5) is 17.1 Å². The van der Waals surface area contributed by atoms with Gasteiger partial charge in [-0.25, -0.2) is 0 Å². The van der Waals surface area contributed by atoms with E-state index in [1.165, 1.54) is 24.3 Å². The first-order valence-corrected chi connectivity index (χ1v) is 6.44. The maximum Gasteiger partial charge on any atom is 0.270 e. The Bertz CT molecular complexity index is 735. The van der Waals surface area contributed by atoms with Crippen LogP contribution in [0.25, 0.3) is 0 Å². The predicted molar refractivity (Wildman–Crippen MR) is 81.9 cm³/mol. The Morgan fingerprint density at radius 2 is 1.90 bits per heavy atom. The van der Waals surface area contributed by atoms with Gasteiger partial charge in [0, 0.05) is 22.8 Å². The fourth-order valence-electron chi connectivity index (χ4n) is 1.63. The van der Waals surface area contributed by atoms with Crippen LogP contribution in [0.5, 0.6) is 0 Å². The molecule has 0 atom stereocenters. The number of benzene rings is 2. The molecule has 6 nitrogen and oxygen atoms in total. The van der Waals surface area contributed by atoms with Gasteiger partial charge in [0.15, 0.2) is 0 Å². The number of nitrogens with two attached hydrogens (primary N) is 1. The van der Waals surface area contributed by atoms with Crippen molar-refractivity contribution in [2.45, 2.75) is 0 Å². The fraction of sp³-hybridized carbons (Fsp3) is 0. The molecular formula is C13H9Cl2N3O3. The zero-order valence-corrected chi connectivity index (χ0v) is 12.0. The van der Waals surface area contributed by atoms with Gasteiger partial charge in [0.1, 0.15) is 0 Å². The summed E-state index contributed by atoms with van der Waals surface area (Å²) in [5.41, 5.74) is 5.90. The lowest BCUT2D eigenvalue weighted by Gasteiger charge is -2.09. The number of nitro benzene ring substituents is 1. The second-order valence-electron chi connectivity index (χ2n) is 4.11. The molecule has 0 unspecified atom stereocenters. The highest BCUT2D eigenvalue weighted by Crippen LogP contribution is 2.27. The highest BCUT2D eigenvalue weighted by Gasteiger charge is 2.16. The summed E-state index contributed by atoms with van der Waals surface area (Å²) in [7, 11) is 0. The molecule has 0 aliphatic carbocycles. The fourth-order valence-corrected chi connectivity index (χ4v) is 2.09. The van der Waals surface area contributed by atoms with Crippen LogP contribution in [0.3, 0.4) is 0 Å². The van der Waals surface area contributed by atoms with Gasteiger partial charge < -0.3 is 11.1 Å². The Morgan fingerprint density at radius 3 is 2.52 bits per heavy atom. The quantitative estimate of drug-likeness (QED) is 0.510. The molecule has 21 heavy (non-hydrogen) atoms. The summed E-state index contributed by atoms with van der Waals surface area (Å²) < 4.78 is 0. The van der Waals surface area contributed by atoms with Crippen molar-refractivity contribution in [3.8, 4) is 0 Å². The minimum absolute atomic E-state index is 0.00443. The van der Waals surface area contributed by atoms with Crippen molar-refractivity contribution >= 4 is 46.2 Å². The number of nitrogens with one attached hydrogen (secondary N) is 1. The number of nitro groups is 1. The second-order valence-corrected chi connectivity index (χ2v) is 4.95. The topological polar surface area (TPSA) is 98.3 Å². The summed E-state index contributed by atoms with van der Waals surface area (Å²) in [5.74, 6) is -0.597. The monoisotopic (exact) mass is 325 g/mol. The first kappa shape index (κ1) is 15.1. The van der Waals surface area contributed by atoms with Crippen LogP contribution in [-0.2, 0) is 0 Å². The van der Waals surface area contributed by atoms with Crippen molar-refractivity contribution in [1.29, 1.82) is 0 Å². The normalized spacial score (nSPS) is 10.2. The van der Waals surface area contributed by atoms with Crippen LogP contribution in [0.2, 0.25) is 10.0 Å². The molecule has 0 aromatic heterocycles. The molecule has 3 N–H and O–H groups in total. The smallest absolute Gasteiger partial charge is 0.270 e. The largest absolute Gasteiger partial charge is 0.398 e. The molecule has 0 aliphatic heterocycles. The van der Waals surface area contributed by atoms with Crippen LogP contribution in [0.15, 0.2) is 36.4 Å². The first-order valence-electron chi connectivity index (χ1n) is 5.69. The molecule has 0 saturated heterocycles. The molecule has 0 fully saturated rings. The molecule has 0 radical (unpaired) electrons. The van der Waals surface area contributed by atoms with Gasteiger partial charge in [0.2, 0.25) is 0 Å². The number of nitrogen functional groups attached to an aromatic ring is 1. The number of amides is 1. The summed E-state index contributed by atoms with van der Waals surface area (Å²) in [4.78, 5) is 22.3. The molecule has 0 bridgehead atoms. The number of halogens is 2.